The average molecular weight is 324 g/mol. The molecule has 22 heavy (non-hydrogen) atoms. The Balaban J connectivity index is 2.28. The Labute approximate surface area is 128 Å². The molecule has 1 aromatic heterocycles. The number of furan rings is 1. The quantitative estimate of drug-likeness (QED) is 0.830. The van der Waals surface area contributed by atoms with Crippen LogP contribution >= 0.6 is 0 Å². The summed E-state index contributed by atoms with van der Waals surface area (Å²) in [6.45, 7) is 0.0245. The summed E-state index contributed by atoms with van der Waals surface area (Å²) in [5.74, 6) is 0.355. The number of carbonyl (C=O) groups is 1. The third-order valence-electron chi connectivity index (χ3n) is 2.97. The van der Waals surface area contributed by atoms with Crippen molar-refractivity contribution in [1.29, 1.82) is 0 Å². The van der Waals surface area contributed by atoms with Gasteiger partial charge >= 0.3 is 0 Å². The lowest BCUT2D eigenvalue weighted by molar-refractivity contribution is 0.0960. The minimum Gasteiger partial charge on any atom is -0.496 e. The lowest BCUT2D eigenvalue weighted by atomic mass is 10.2. The third-order valence-corrected chi connectivity index (χ3v) is 4.37. The van der Waals surface area contributed by atoms with Crippen molar-refractivity contribution < 1.29 is 22.4 Å². The lowest BCUT2D eigenvalue weighted by Gasteiger charge is -2.10. The van der Waals surface area contributed by atoms with Crippen LogP contribution in [0.15, 0.2) is 45.9 Å². The highest BCUT2D eigenvalue weighted by Gasteiger charge is 2.19. The first-order chi connectivity index (χ1) is 10.5. The Morgan fingerprint density at radius 2 is 2.09 bits per heavy atom. The summed E-state index contributed by atoms with van der Waals surface area (Å²) in [5.41, 5.74) is 0.144. The fourth-order valence-corrected chi connectivity index (χ4v) is 2.85. The second kappa shape index (κ2) is 6.63. The van der Waals surface area contributed by atoms with Crippen molar-refractivity contribution >= 4 is 15.9 Å². The zero-order valence-corrected chi connectivity index (χ0v) is 12.9. The van der Waals surface area contributed by atoms with Crippen molar-refractivity contribution in [3.8, 4) is 5.75 Å². The van der Waals surface area contributed by atoms with Crippen LogP contribution in [0.3, 0.4) is 0 Å². The summed E-state index contributed by atoms with van der Waals surface area (Å²) >= 11 is 0. The van der Waals surface area contributed by atoms with Crippen molar-refractivity contribution in [1.82, 2.24) is 10.0 Å². The zero-order chi connectivity index (χ0) is 16.2. The van der Waals surface area contributed by atoms with Crippen LogP contribution in [0.1, 0.15) is 16.1 Å². The molecule has 0 aliphatic heterocycles. The van der Waals surface area contributed by atoms with E-state index in [1.54, 1.807) is 12.1 Å². The average Bonchev–Trinajstić information content (AvgIpc) is 3.05. The maximum Gasteiger partial charge on any atom is 0.254 e. The molecule has 0 saturated carbocycles. The van der Waals surface area contributed by atoms with E-state index in [0.717, 1.165) is 0 Å². The van der Waals surface area contributed by atoms with Crippen LogP contribution in [0.5, 0.6) is 5.75 Å². The highest BCUT2D eigenvalue weighted by molar-refractivity contribution is 7.89. The molecular formula is C14H16N2O5S. The molecule has 0 unspecified atom stereocenters. The number of hydrogen-bond acceptors (Lipinski definition) is 5. The van der Waals surface area contributed by atoms with E-state index < -0.39 is 15.9 Å². The predicted molar refractivity (Wildman–Crippen MR) is 79.1 cm³/mol. The second-order valence-electron chi connectivity index (χ2n) is 4.35. The number of rotatable bonds is 6. The fraction of sp³-hybridized carbons (Fsp3) is 0.214. The Kier molecular flexibility index (Phi) is 4.84. The lowest BCUT2D eigenvalue weighted by Crippen LogP contribution is -2.24. The van der Waals surface area contributed by atoms with Crippen LogP contribution in [-0.2, 0) is 16.6 Å². The van der Waals surface area contributed by atoms with E-state index in [1.807, 2.05) is 0 Å². The number of methoxy groups -OCH3 is 1. The normalized spacial score (nSPS) is 11.2. The van der Waals surface area contributed by atoms with E-state index in [9.17, 15) is 13.2 Å². The molecule has 1 heterocycles. The monoisotopic (exact) mass is 324 g/mol. The predicted octanol–water partition coefficient (Wildman–Crippen LogP) is 1.13. The molecular weight excluding hydrogens is 308 g/mol. The number of sulfonamides is 1. The number of nitrogens with one attached hydrogen (secondary N) is 2. The molecule has 0 fully saturated rings. The molecule has 1 aromatic carbocycles. The summed E-state index contributed by atoms with van der Waals surface area (Å²) in [6, 6.07) is 7.40. The first kappa shape index (κ1) is 16.1. The molecule has 0 spiro atoms. The fourth-order valence-electron chi connectivity index (χ4n) is 1.83. The van der Waals surface area contributed by atoms with Gasteiger partial charge in [-0.15, -0.1) is 0 Å². The molecule has 2 N–H and O–H groups in total. The number of amides is 1. The van der Waals surface area contributed by atoms with Crippen LogP contribution in [-0.4, -0.2) is 28.5 Å². The van der Waals surface area contributed by atoms with E-state index in [0.29, 0.717) is 11.5 Å². The summed E-state index contributed by atoms with van der Waals surface area (Å²) in [5, 5.41) is 2.44. The van der Waals surface area contributed by atoms with Gasteiger partial charge < -0.3 is 14.5 Å². The molecule has 2 rings (SSSR count). The molecule has 0 saturated heterocycles. The highest BCUT2D eigenvalue weighted by Crippen LogP contribution is 2.22. The van der Waals surface area contributed by atoms with Crippen LogP contribution in [0.25, 0.3) is 0 Å². The minimum absolute atomic E-state index is 0.0245. The van der Waals surface area contributed by atoms with Gasteiger partial charge in [0.05, 0.1) is 30.4 Å². The molecule has 8 heteroatoms. The van der Waals surface area contributed by atoms with Gasteiger partial charge in [0.1, 0.15) is 11.5 Å². The summed E-state index contributed by atoms with van der Waals surface area (Å²) in [7, 11) is -0.907. The molecule has 7 nitrogen and oxygen atoms in total. The van der Waals surface area contributed by atoms with Crippen molar-refractivity contribution in [3.05, 3.63) is 47.9 Å². The maximum absolute atomic E-state index is 12.3. The summed E-state index contributed by atoms with van der Waals surface area (Å²) in [6.07, 6.45) is 1.46. The molecule has 1 amide bonds. The van der Waals surface area contributed by atoms with Crippen molar-refractivity contribution in [2.75, 3.05) is 14.2 Å². The summed E-state index contributed by atoms with van der Waals surface area (Å²) in [4.78, 5) is 11.8. The largest absolute Gasteiger partial charge is 0.496 e. The van der Waals surface area contributed by atoms with Crippen LogP contribution in [0.4, 0.5) is 0 Å². The van der Waals surface area contributed by atoms with Crippen molar-refractivity contribution in [2.24, 2.45) is 0 Å². The van der Waals surface area contributed by atoms with E-state index in [4.69, 9.17) is 9.15 Å². The Morgan fingerprint density at radius 1 is 1.32 bits per heavy atom. The Hall–Kier alpha value is -2.32. The van der Waals surface area contributed by atoms with Gasteiger partial charge in [-0.05, 0) is 30.3 Å². The van der Waals surface area contributed by atoms with Gasteiger partial charge in [-0.1, -0.05) is 0 Å². The topological polar surface area (TPSA) is 97.6 Å². The third kappa shape index (κ3) is 3.46. The number of carbonyl (C=O) groups excluding carboxylic acids is 1. The van der Waals surface area contributed by atoms with E-state index in [2.05, 4.69) is 10.0 Å². The Morgan fingerprint density at radius 3 is 2.68 bits per heavy atom. The van der Waals surface area contributed by atoms with Gasteiger partial charge in [-0.25, -0.2) is 13.1 Å². The standard InChI is InChI=1S/C14H16N2O5S/c1-15-14(17)12-8-11(5-6-13(12)20-2)22(18,19)16-9-10-4-3-7-21-10/h3-8,16H,9H2,1-2H3,(H,15,17). The van der Waals surface area contributed by atoms with Gasteiger partial charge in [-0.2, -0.15) is 0 Å². The smallest absolute Gasteiger partial charge is 0.254 e. The van der Waals surface area contributed by atoms with Gasteiger partial charge in [0.15, 0.2) is 0 Å². The van der Waals surface area contributed by atoms with E-state index >= 15 is 0 Å². The molecule has 0 bridgehead atoms. The SMILES string of the molecule is CNC(=O)c1cc(S(=O)(=O)NCc2ccco2)ccc1OC. The summed E-state index contributed by atoms with van der Waals surface area (Å²) < 4.78 is 37.1. The van der Waals surface area contributed by atoms with Gasteiger partial charge in [-0.3, -0.25) is 4.79 Å². The molecule has 0 aliphatic carbocycles. The number of benzene rings is 1. The molecule has 2 aromatic rings. The van der Waals surface area contributed by atoms with Crippen molar-refractivity contribution in [3.63, 3.8) is 0 Å². The number of ether oxygens (including phenoxy) is 1. The maximum atomic E-state index is 12.3. The van der Waals surface area contributed by atoms with Gasteiger partial charge in [0.25, 0.3) is 5.91 Å². The molecule has 0 atom stereocenters. The minimum atomic E-state index is -3.77. The molecule has 0 aliphatic rings. The van der Waals surface area contributed by atoms with Gasteiger partial charge in [0.2, 0.25) is 10.0 Å². The highest BCUT2D eigenvalue weighted by atomic mass is 32.2. The first-order valence-corrected chi connectivity index (χ1v) is 7.88. The molecule has 118 valence electrons. The first-order valence-electron chi connectivity index (χ1n) is 6.40. The Bertz CT molecular complexity index is 754. The van der Waals surface area contributed by atoms with Gasteiger partial charge in [0, 0.05) is 7.05 Å². The number of hydrogen-bond donors (Lipinski definition) is 2. The molecule has 0 radical (unpaired) electrons. The van der Waals surface area contributed by atoms with Crippen molar-refractivity contribution in [2.45, 2.75) is 11.4 Å². The van der Waals surface area contributed by atoms with Crippen LogP contribution in [0.2, 0.25) is 0 Å². The van der Waals surface area contributed by atoms with Crippen LogP contribution in [0, 0.1) is 0 Å². The van der Waals surface area contributed by atoms with Crippen LogP contribution < -0.4 is 14.8 Å². The second-order valence-corrected chi connectivity index (χ2v) is 6.11. The van der Waals surface area contributed by atoms with E-state index in [-0.39, 0.29) is 17.0 Å². The zero-order valence-electron chi connectivity index (χ0n) is 12.1. The van der Waals surface area contributed by atoms with E-state index in [1.165, 1.54) is 38.6 Å².